The molecule has 332 valence electrons. The van der Waals surface area contributed by atoms with E-state index >= 15 is 0 Å². The van der Waals surface area contributed by atoms with Crippen molar-refractivity contribution in [2.45, 2.75) is 97.5 Å². The Morgan fingerprint density at radius 2 is 0.810 bits per heavy atom. The summed E-state index contributed by atoms with van der Waals surface area (Å²) in [6.45, 7) is 22.0. The zero-order chi connectivity index (χ0) is 47.8. The van der Waals surface area contributed by atoms with Crippen molar-refractivity contribution in [2.24, 2.45) is 0 Å². The minimum Gasteiger partial charge on any atom is -0.478 e. The van der Waals surface area contributed by atoms with Crippen molar-refractivity contribution >= 4 is 54.9 Å². The van der Waals surface area contributed by atoms with Crippen molar-refractivity contribution in [2.75, 3.05) is 14.1 Å². The molecule has 5 aromatic rings. The lowest BCUT2D eigenvalue weighted by Gasteiger charge is -2.33. The molecular weight excluding hydrogens is 846 g/mol. The number of imide groups is 2. The number of carbonyl (C=O) groups is 5. The number of amides is 4. The van der Waals surface area contributed by atoms with E-state index in [1.807, 2.05) is 45.9 Å². The number of nitrogens with zero attached hydrogens (tertiary/aromatic N) is 2. The third-order valence-corrected chi connectivity index (χ3v) is 13.2. The largest absolute Gasteiger partial charge is 0.478 e. The summed E-state index contributed by atoms with van der Waals surface area (Å²) in [6.07, 6.45) is -4.80. The van der Waals surface area contributed by atoms with Crippen molar-refractivity contribution in [1.29, 1.82) is 0 Å². The third kappa shape index (κ3) is 9.94. The van der Waals surface area contributed by atoms with E-state index in [-0.39, 0.29) is 33.4 Å². The first-order chi connectivity index (χ1) is 29.1. The summed E-state index contributed by atoms with van der Waals surface area (Å²) in [4.78, 5) is 63.0. The van der Waals surface area contributed by atoms with E-state index in [9.17, 15) is 37.1 Å². The van der Waals surface area contributed by atoms with Crippen LogP contribution in [0.2, 0.25) is 0 Å². The molecule has 0 radical (unpaired) electrons. The Morgan fingerprint density at radius 1 is 0.508 bits per heavy atom. The van der Waals surface area contributed by atoms with Gasteiger partial charge in [-0.15, -0.1) is 25.3 Å². The van der Waals surface area contributed by atoms with Crippen molar-refractivity contribution < 1.29 is 42.3 Å². The van der Waals surface area contributed by atoms with Gasteiger partial charge in [0.05, 0.1) is 27.8 Å². The molecule has 0 saturated carbocycles. The van der Waals surface area contributed by atoms with E-state index in [1.165, 1.54) is 70.7 Å². The van der Waals surface area contributed by atoms with Crippen LogP contribution in [-0.4, -0.2) is 64.8 Å². The monoisotopic (exact) mass is 898 g/mol. The normalized spacial score (nSPS) is 13.1. The van der Waals surface area contributed by atoms with Gasteiger partial charge in [-0.05, 0) is 180 Å². The highest BCUT2D eigenvalue weighted by molar-refractivity contribution is 7.80. The van der Waals surface area contributed by atoms with Gasteiger partial charge in [0, 0.05) is 23.9 Å². The highest BCUT2D eigenvalue weighted by Gasteiger charge is 2.54. The summed E-state index contributed by atoms with van der Waals surface area (Å²) in [6, 6.07) is 16.2. The lowest BCUT2D eigenvalue weighted by molar-refractivity contribution is -0.173. The molecule has 2 aliphatic rings. The number of hydrogen-bond acceptors (Lipinski definition) is 7. The first-order valence-corrected chi connectivity index (χ1v) is 20.8. The second kappa shape index (κ2) is 19.0. The van der Waals surface area contributed by atoms with Gasteiger partial charge in [-0.2, -0.15) is 13.2 Å². The second-order valence-electron chi connectivity index (χ2n) is 16.3. The molecule has 0 spiro atoms. The van der Waals surface area contributed by atoms with Crippen molar-refractivity contribution in [3.8, 4) is 0 Å². The maximum absolute atomic E-state index is 14.4. The Bertz CT molecular complexity index is 2450. The average Bonchev–Trinajstić information content (AvgIpc) is 3.58. The van der Waals surface area contributed by atoms with E-state index in [0.717, 1.165) is 61.9 Å². The fourth-order valence-corrected chi connectivity index (χ4v) is 7.93. The molecule has 0 aliphatic carbocycles. The van der Waals surface area contributed by atoms with Gasteiger partial charge in [-0.3, -0.25) is 29.0 Å². The van der Waals surface area contributed by atoms with Crippen LogP contribution in [0.4, 0.5) is 13.2 Å². The van der Waals surface area contributed by atoms with Crippen LogP contribution in [0.3, 0.4) is 0 Å². The number of carbonyl (C=O) groups excluding carboxylic acids is 4. The minimum absolute atomic E-state index is 0.0344. The molecule has 8 nitrogen and oxygen atoms in total. The molecular formula is C50H53F3N2O6S2. The Labute approximate surface area is 378 Å². The fraction of sp³-hybridized carbons (Fsp3) is 0.300. The number of aromatic carboxylic acids is 1. The summed E-state index contributed by atoms with van der Waals surface area (Å²) < 4.78 is 43.1. The molecule has 7 rings (SSSR count). The number of aryl methyl sites for hydroxylation is 4. The lowest BCUT2D eigenvalue weighted by Crippen LogP contribution is -2.41. The molecule has 0 atom stereocenters. The van der Waals surface area contributed by atoms with Crippen LogP contribution in [0, 0.1) is 69.2 Å². The van der Waals surface area contributed by atoms with Crippen LogP contribution in [0.5, 0.6) is 0 Å². The van der Waals surface area contributed by atoms with Gasteiger partial charge in [0.2, 0.25) is 0 Å². The predicted octanol–water partition coefficient (Wildman–Crippen LogP) is 11.4. The van der Waals surface area contributed by atoms with E-state index in [1.54, 1.807) is 12.1 Å². The minimum atomic E-state index is -4.80. The molecule has 0 aromatic heterocycles. The van der Waals surface area contributed by atoms with Crippen LogP contribution in [0.25, 0.3) is 0 Å². The highest BCUT2D eigenvalue weighted by Crippen LogP contribution is 2.47. The van der Waals surface area contributed by atoms with Crippen molar-refractivity contribution in [3.63, 3.8) is 0 Å². The van der Waals surface area contributed by atoms with Gasteiger partial charge in [0.15, 0.2) is 0 Å². The fourth-order valence-electron chi connectivity index (χ4n) is 7.41. The van der Waals surface area contributed by atoms with Gasteiger partial charge >= 0.3 is 12.1 Å². The third-order valence-electron chi connectivity index (χ3n) is 12.3. The molecule has 0 bridgehead atoms. The SMILES string of the molecule is CN1C(=O)c2ccc(C(C)(c3ccc4c(c3)C(=O)N(C)C4=O)C(F)(F)F)cc2C1=O.Cc1c(C)c(C)c(C)c(C)c1C.Cc1cc(C)cc(C(=O)O)c1.Cc1cc(S)c(C)cc1S. The number of hydrogen-bond donors (Lipinski definition) is 3. The van der Waals surface area contributed by atoms with Crippen LogP contribution in [0.1, 0.15) is 125 Å². The molecule has 13 heteroatoms. The number of carboxylic acids is 1. The van der Waals surface area contributed by atoms with E-state index < -0.39 is 41.2 Å². The number of benzene rings is 5. The second-order valence-corrected chi connectivity index (χ2v) is 17.3. The number of rotatable bonds is 3. The number of fused-ring (bicyclic) bond motifs is 2. The number of halogens is 3. The summed E-state index contributed by atoms with van der Waals surface area (Å²) in [5.41, 5.74) is 10.2. The maximum atomic E-state index is 14.4. The summed E-state index contributed by atoms with van der Waals surface area (Å²) >= 11 is 8.56. The molecule has 0 unspecified atom stereocenters. The summed E-state index contributed by atoms with van der Waals surface area (Å²) in [5, 5.41) is 8.63. The van der Waals surface area contributed by atoms with E-state index in [0.29, 0.717) is 5.56 Å². The number of alkyl halides is 3. The van der Waals surface area contributed by atoms with Crippen molar-refractivity contribution in [3.05, 3.63) is 161 Å². The summed E-state index contributed by atoms with van der Waals surface area (Å²) in [7, 11) is 2.51. The zero-order valence-corrected chi connectivity index (χ0v) is 39.6. The Morgan fingerprint density at radius 3 is 1.10 bits per heavy atom. The molecule has 0 saturated heterocycles. The van der Waals surface area contributed by atoms with E-state index in [2.05, 4.69) is 66.8 Å². The van der Waals surface area contributed by atoms with E-state index in [4.69, 9.17) is 5.11 Å². The lowest BCUT2D eigenvalue weighted by atomic mass is 9.74. The zero-order valence-electron chi connectivity index (χ0n) is 37.8. The number of carboxylic acid groups (broad SMARTS) is 1. The number of thiol groups is 2. The molecule has 1 N–H and O–H groups in total. The molecule has 2 aliphatic heterocycles. The average molecular weight is 899 g/mol. The summed E-state index contributed by atoms with van der Waals surface area (Å²) in [5.74, 6) is -3.40. The highest BCUT2D eigenvalue weighted by atomic mass is 32.1. The first kappa shape index (κ1) is 50.0. The van der Waals surface area contributed by atoms with Crippen LogP contribution in [0.15, 0.2) is 76.5 Å². The molecule has 0 fully saturated rings. The molecule has 63 heavy (non-hydrogen) atoms. The topological polar surface area (TPSA) is 112 Å². The van der Waals surface area contributed by atoms with Gasteiger partial charge in [-0.25, -0.2) is 4.79 Å². The van der Waals surface area contributed by atoms with Gasteiger partial charge in [-0.1, -0.05) is 29.3 Å². The van der Waals surface area contributed by atoms with Crippen molar-refractivity contribution in [1.82, 2.24) is 9.80 Å². The maximum Gasteiger partial charge on any atom is 0.402 e. The Kier molecular flexibility index (Phi) is 15.1. The van der Waals surface area contributed by atoms with Crippen LogP contribution in [-0.2, 0) is 5.41 Å². The van der Waals surface area contributed by atoms with Gasteiger partial charge in [0.25, 0.3) is 23.6 Å². The van der Waals surface area contributed by atoms with Crippen LogP contribution < -0.4 is 0 Å². The Balaban J connectivity index is 0.000000216. The van der Waals surface area contributed by atoms with Gasteiger partial charge < -0.3 is 5.11 Å². The van der Waals surface area contributed by atoms with Crippen LogP contribution >= 0.6 is 25.3 Å². The smallest absolute Gasteiger partial charge is 0.402 e. The molecule has 4 amide bonds. The van der Waals surface area contributed by atoms with Gasteiger partial charge in [0.1, 0.15) is 5.41 Å². The standard InChI is InChI=1S/C21H15F3N2O4.C12H18.C9H10O2.C8H10S2/c1-20(21(22,23)24,10-4-6-12-14(8-10)18(29)25(2)16(12)27)11-5-7-13-15(9-11)19(30)26(3)17(13)28;1-7-8(2)10(4)12(6)11(5)9(7)3;1-6-3-7(2)5-8(4-6)9(10)11;1-5-3-8(10)6(2)4-7(5)9/h4-9H,1-3H3;1-6H3;3-5H,1-2H3,(H,10,11);3-4,9-10H,1-2H3. The quantitative estimate of drug-likeness (QED) is 0.123. The Hall–Kier alpha value is -5.66. The first-order valence-electron chi connectivity index (χ1n) is 19.9. The molecule has 5 aromatic carbocycles. The molecule has 2 heterocycles. The predicted molar refractivity (Wildman–Crippen MR) is 246 cm³/mol.